The third kappa shape index (κ3) is 3.90. The molecule has 0 fully saturated rings. The van der Waals surface area contributed by atoms with E-state index in [-0.39, 0.29) is 0 Å². The zero-order chi connectivity index (χ0) is 15.1. The molecule has 2 aromatic rings. The Kier molecular flexibility index (Phi) is 5.48. The number of aryl methyl sites for hydroxylation is 1. The van der Waals surface area contributed by atoms with Crippen LogP contribution in [-0.4, -0.2) is 37.9 Å². The lowest BCUT2D eigenvalue weighted by molar-refractivity contribution is 0.292. The molecule has 2 heterocycles. The summed E-state index contributed by atoms with van der Waals surface area (Å²) in [4.78, 5) is 13.1. The maximum Gasteiger partial charge on any atom is 0.321 e. The molecule has 0 atom stereocenters. The zero-order valence-electron chi connectivity index (χ0n) is 12.8. The van der Waals surface area contributed by atoms with Gasteiger partial charge in [-0.3, -0.25) is 4.68 Å². The van der Waals surface area contributed by atoms with Crippen LogP contribution in [-0.2, 0) is 6.54 Å². The van der Waals surface area contributed by atoms with Gasteiger partial charge < -0.3 is 10.1 Å². The van der Waals surface area contributed by atoms with Gasteiger partial charge in [-0.05, 0) is 25.8 Å². The summed E-state index contributed by atoms with van der Waals surface area (Å²) in [6.45, 7) is 8.33. The highest BCUT2D eigenvalue weighted by Gasteiger charge is 2.12. The number of anilines is 1. The molecule has 114 valence electrons. The van der Waals surface area contributed by atoms with E-state index in [1.807, 2.05) is 24.6 Å². The molecule has 7 nitrogen and oxygen atoms in total. The van der Waals surface area contributed by atoms with Gasteiger partial charge in [0.2, 0.25) is 5.95 Å². The summed E-state index contributed by atoms with van der Waals surface area (Å²) in [5.74, 6) is 1.12. The highest BCUT2D eigenvalue weighted by Crippen LogP contribution is 2.18. The average molecular weight is 290 g/mol. The largest absolute Gasteiger partial charge is 0.463 e. The Morgan fingerprint density at radius 3 is 2.71 bits per heavy atom. The number of aromatic nitrogens is 5. The van der Waals surface area contributed by atoms with Crippen LogP contribution in [0.25, 0.3) is 11.5 Å². The molecule has 0 aromatic carbocycles. The normalized spacial score (nSPS) is 10.6. The van der Waals surface area contributed by atoms with Gasteiger partial charge in [-0.1, -0.05) is 13.8 Å². The lowest BCUT2D eigenvalue weighted by Crippen LogP contribution is -2.10. The molecule has 0 saturated carbocycles. The highest BCUT2D eigenvalue weighted by atomic mass is 16.5. The minimum Gasteiger partial charge on any atom is -0.463 e. The molecule has 7 heteroatoms. The van der Waals surface area contributed by atoms with Gasteiger partial charge in [0.25, 0.3) is 0 Å². The fourth-order valence-electron chi connectivity index (χ4n) is 1.82. The minimum absolute atomic E-state index is 0.351. The topological polar surface area (TPSA) is 77.8 Å². The predicted octanol–water partition coefficient (Wildman–Crippen LogP) is 2.37. The number of hydrogen-bond acceptors (Lipinski definition) is 6. The molecule has 2 aromatic heterocycles. The molecule has 0 aliphatic heterocycles. The lowest BCUT2D eigenvalue weighted by atomic mass is 10.4. The van der Waals surface area contributed by atoms with Crippen molar-refractivity contribution in [3.8, 4) is 17.5 Å². The van der Waals surface area contributed by atoms with Crippen molar-refractivity contribution in [2.24, 2.45) is 0 Å². The molecule has 2 rings (SSSR count). The third-order valence-corrected chi connectivity index (χ3v) is 2.83. The zero-order valence-corrected chi connectivity index (χ0v) is 12.8. The van der Waals surface area contributed by atoms with E-state index in [0.29, 0.717) is 24.4 Å². The van der Waals surface area contributed by atoms with Crippen molar-refractivity contribution >= 4 is 5.95 Å². The molecule has 0 aliphatic rings. The molecule has 0 unspecified atom stereocenters. The van der Waals surface area contributed by atoms with Crippen LogP contribution < -0.4 is 10.1 Å². The number of hydrogen-bond donors (Lipinski definition) is 1. The van der Waals surface area contributed by atoms with E-state index >= 15 is 0 Å². The van der Waals surface area contributed by atoms with E-state index in [1.165, 1.54) is 0 Å². The first-order valence-corrected chi connectivity index (χ1v) is 7.43. The molecule has 0 radical (unpaired) electrons. The fourth-order valence-corrected chi connectivity index (χ4v) is 1.82. The summed E-state index contributed by atoms with van der Waals surface area (Å²) in [6, 6.07) is 2.25. The van der Waals surface area contributed by atoms with Gasteiger partial charge >= 0.3 is 6.01 Å². The van der Waals surface area contributed by atoms with Crippen molar-refractivity contribution in [2.45, 2.75) is 40.2 Å². The first-order valence-electron chi connectivity index (χ1n) is 7.43. The van der Waals surface area contributed by atoms with E-state index in [4.69, 9.17) is 4.74 Å². The number of nitrogens with zero attached hydrogens (tertiary/aromatic N) is 5. The SMILES string of the molecule is CCCNc1nc(OCCC)nc(-c2ccnn2CC)n1. The van der Waals surface area contributed by atoms with Crippen LogP contribution in [0.1, 0.15) is 33.6 Å². The first-order chi connectivity index (χ1) is 10.3. The highest BCUT2D eigenvalue weighted by molar-refractivity contribution is 5.51. The first kappa shape index (κ1) is 15.2. The molecule has 0 saturated heterocycles. The van der Waals surface area contributed by atoms with Gasteiger partial charge in [-0.15, -0.1) is 0 Å². The quantitative estimate of drug-likeness (QED) is 0.804. The molecule has 21 heavy (non-hydrogen) atoms. The second-order valence-corrected chi connectivity index (χ2v) is 4.57. The van der Waals surface area contributed by atoms with Gasteiger partial charge in [-0.25, -0.2) is 0 Å². The summed E-state index contributed by atoms with van der Waals surface area (Å²) < 4.78 is 7.41. The maximum atomic E-state index is 5.56. The minimum atomic E-state index is 0.351. The van der Waals surface area contributed by atoms with E-state index in [9.17, 15) is 0 Å². The van der Waals surface area contributed by atoms with Crippen molar-refractivity contribution in [1.29, 1.82) is 0 Å². The third-order valence-electron chi connectivity index (χ3n) is 2.83. The number of ether oxygens (including phenoxy) is 1. The summed E-state index contributed by atoms with van der Waals surface area (Å²) in [7, 11) is 0. The number of rotatable bonds is 8. The molecule has 0 bridgehead atoms. The van der Waals surface area contributed by atoms with Gasteiger partial charge in [0.05, 0.1) is 6.61 Å². The Balaban J connectivity index is 2.34. The van der Waals surface area contributed by atoms with Crippen LogP contribution in [0.4, 0.5) is 5.95 Å². The summed E-state index contributed by atoms with van der Waals surface area (Å²) in [5, 5.41) is 7.43. The Hall–Kier alpha value is -2.18. The van der Waals surface area contributed by atoms with Gasteiger partial charge in [0, 0.05) is 19.3 Å². The van der Waals surface area contributed by atoms with Crippen LogP contribution in [0.3, 0.4) is 0 Å². The molecule has 0 aliphatic carbocycles. The Morgan fingerprint density at radius 2 is 2.00 bits per heavy atom. The van der Waals surface area contributed by atoms with Crippen LogP contribution in [0, 0.1) is 0 Å². The fraction of sp³-hybridized carbons (Fsp3) is 0.571. The Morgan fingerprint density at radius 1 is 1.14 bits per heavy atom. The van der Waals surface area contributed by atoms with Crippen molar-refractivity contribution in [3.63, 3.8) is 0 Å². The molecule has 0 amide bonds. The standard InChI is InChI=1S/C14H22N6O/c1-4-8-15-13-17-12(11-7-9-16-20(11)6-3)18-14(19-13)21-10-5-2/h7,9H,4-6,8,10H2,1-3H3,(H,15,17,18,19). The molecular formula is C14H22N6O. The van der Waals surface area contributed by atoms with Gasteiger partial charge in [0.15, 0.2) is 5.82 Å². The van der Waals surface area contributed by atoms with Crippen LogP contribution in [0.15, 0.2) is 12.3 Å². The predicted molar refractivity (Wildman–Crippen MR) is 81.3 cm³/mol. The van der Waals surface area contributed by atoms with Gasteiger partial charge in [-0.2, -0.15) is 20.1 Å². The second-order valence-electron chi connectivity index (χ2n) is 4.57. The molecule has 0 spiro atoms. The summed E-state index contributed by atoms with van der Waals surface area (Å²) >= 11 is 0. The van der Waals surface area contributed by atoms with Crippen molar-refractivity contribution in [2.75, 3.05) is 18.5 Å². The van der Waals surface area contributed by atoms with E-state index < -0.39 is 0 Å². The molecule has 1 N–H and O–H groups in total. The number of nitrogens with one attached hydrogen (secondary N) is 1. The average Bonchev–Trinajstić information content (AvgIpc) is 2.99. The monoisotopic (exact) mass is 290 g/mol. The second kappa shape index (κ2) is 7.56. The molecular weight excluding hydrogens is 268 g/mol. The summed E-state index contributed by atoms with van der Waals surface area (Å²) in [6.07, 6.45) is 3.65. The lowest BCUT2D eigenvalue weighted by Gasteiger charge is -2.09. The maximum absolute atomic E-state index is 5.56. The van der Waals surface area contributed by atoms with Crippen LogP contribution in [0.2, 0.25) is 0 Å². The van der Waals surface area contributed by atoms with Crippen LogP contribution in [0.5, 0.6) is 6.01 Å². The van der Waals surface area contributed by atoms with Crippen LogP contribution >= 0.6 is 0 Å². The Labute approximate surface area is 124 Å². The summed E-state index contributed by atoms with van der Waals surface area (Å²) in [5.41, 5.74) is 0.862. The van der Waals surface area contributed by atoms with E-state index in [0.717, 1.165) is 31.6 Å². The van der Waals surface area contributed by atoms with Crippen molar-refractivity contribution < 1.29 is 4.74 Å². The van der Waals surface area contributed by atoms with E-state index in [1.54, 1.807) is 6.20 Å². The van der Waals surface area contributed by atoms with Crippen molar-refractivity contribution in [1.82, 2.24) is 24.7 Å². The Bertz CT molecular complexity index is 542. The smallest absolute Gasteiger partial charge is 0.321 e. The van der Waals surface area contributed by atoms with Crippen molar-refractivity contribution in [3.05, 3.63) is 12.3 Å². The van der Waals surface area contributed by atoms with E-state index in [2.05, 4.69) is 32.3 Å². The van der Waals surface area contributed by atoms with Gasteiger partial charge in [0.1, 0.15) is 5.69 Å².